The summed E-state index contributed by atoms with van der Waals surface area (Å²) in [5.74, 6) is 0.607. The Bertz CT molecular complexity index is 1070. The number of benzene rings is 2. The second-order valence-corrected chi connectivity index (χ2v) is 9.06. The standard InChI is InChI=1S/C23H26ClN3O3S.ClH/c1-16-5-3-4-6-19(16)30-15-21(28)27(8-7-26-9-11-29-12-10-26)23-25-22-17(2)13-18(24)14-20(22)31-23;/h3-6,13-14H,7-12,15H2,1-2H3;1H. The summed E-state index contributed by atoms with van der Waals surface area (Å²) >= 11 is 7.71. The summed E-state index contributed by atoms with van der Waals surface area (Å²) in [6.07, 6.45) is 0. The van der Waals surface area contributed by atoms with Gasteiger partial charge in [0.15, 0.2) is 11.7 Å². The first kappa shape index (κ1) is 24.7. The second-order valence-electron chi connectivity index (χ2n) is 7.62. The largest absolute Gasteiger partial charge is 0.483 e. The Morgan fingerprint density at radius 1 is 1.22 bits per heavy atom. The maximum absolute atomic E-state index is 13.2. The summed E-state index contributed by atoms with van der Waals surface area (Å²) in [5, 5.41) is 1.35. The van der Waals surface area contributed by atoms with Gasteiger partial charge in [-0.2, -0.15) is 0 Å². The van der Waals surface area contributed by atoms with Crippen LogP contribution in [0.3, 0.4) is 0 Å². The van der Waals surface area contributed by atoms with Gasteiger partial charge in [-0.25, -0.2) is 4.98 Å². The summed E-state index contributed by atoms with van der Waals surface area (Å²) in [7, 11) is 0. The summed E-state index contributed by atoms with van der Waals surface area (Å²) in [5.41, 5.74) is 2.88. The van der Waals surface area contributed by atoms with E-state index >= 15 is 0 Å². The van der Waals surface area contributed by atoms with Crippen molar-refractivity contribution in [3.05, 3.63) is 52.5 Å². The number of carbonyl (C=O) groups is 1. The Labute approximate surface area is 203 Å². The molecule has 0 unspecified atom stereocenters. The molecular formula is C23H27Cl2N3O3S. The fraction of sp³-hybridized carbons (Fsp3) is 0.391. The Morgan fingerprint density at radius 3 is 2.72 bits per heavy atom. The quantitative estimate of drug-likeness (QED) is 0.474. The van der Waals surface area contributed by atoms with E-state index in [0.29, 0.717) is 16.7 Å². The zero-order chi connectivity index (χ0) is 21.8. The van der Waals surface area contributed by atoms with Crippen LogP contribution in [-0.4, -0.2) is 61.8 Å². The molecule has 4 rings (SSSR count). The van der Waals surface area contributed by atoms with Gasteiger partial charge in [0.05, 0.1) is 23.4 Å². The van der Waals surface area contributed by atoms with Crippen molar-refractivity contribution in [2.45, 2.75) is 13.8 Å². The molecule has 0 aliphatic carbocycles. The molecule has 0 bridgehead atoms. The lowest BCUT2D eigenvalue weighted by atomic mass is 10.2. The molecule has 2 aromatic carbocycles. The maximum Gasteiger partial charge on any atom is 0.266 e. The third-order valence-electron chi connectivity index (χ3n) is 5.36. The van der Waals surface area contributed by atoms with Crippen LogP contribution in [0.1, 0.15) is 11.1 Å². The van der Waals surface area contributed by atoms with Gasteiger partial charge in [0.25, 0.3) is 5.91 Å². The first-order chi connectivity index (χ1) is 15.0. The minimum Gasteiger partial charge on any atom is -0.483 e. The lowest BCUT2D eigenvalue weighted by Crippen LogP contribution is -2.44. The number of carbonyl (C=O) groups excluding carboxylic acids is 1. The monoisotopic (exact) mass is 495 g/mol. The summed E-state index contributed by atoms with van der Waals surface area (Å²) in [6, 6.07) is 11.5. The van der Waals surface area contributed by atoms with E-state index in [-0.39, 0.29) is 24.9 Å². The van der Waals surface area contributed by atoms with E-state index in [1.807, 2.05) is 50.2 Å². The molecule has 0 atom stereocenters. The van der Waals surface area contributed by atoms with Crippen LogP contribution in [0.5, 0.6) is 5.75 Å². The maximum atomic E-state index is 13.2. The van der Waals surface area contributed by atoms with E-state index in [2.05, 4.69) is 4.90 Å². The zero-order valence-corrected chi connectivity index (χ0v) is 20.6. The van der Waals surface area contributed by atoms with Crippen molar-refractivity contribution in [1.82, 2.24) is 9.88 Å². The average molecular weight is 496 g/mol. The number of rotatable bonds is 7. The van der Waals surface area contributed by atoms with E-state index in [9.17, 15) is 4.79 Å². The van der Waals surface area contributed by atoms with E-state index < -0.39 is 0 Å². The molecule has 32 heavy (non-hydrogen) atoms. The highest BCUT2D eigenvalue weighted by Gasteiger charge is 2.23. The smallest absolute Gasteiger partial charge is 0.266 e. The SMILES string of the molecule is Cc1ccccc1OCC(=O)N(CCN1CCOCC1)c1nc2c(C)cc(Cl)cc2s1.Cl. The number of hydrogen-bond acceptors (Lipinski definition) is 6. The summed E-state index contributed by atoms with van der Waals surface area (Å²) in [4.78, 5) is 22.1. The van der Waals surface area contributed by atoms with Crippen LogP contribution in [0, 0.1) is 13.8 Å². The number of anilines is 1. The third-order valence-corrected chi connectivity index (χ3v) is 6.60. The van der Waals surface area contributed by atoms with E-state index in [1.165, 1.54) is 11.3 Å². The molecule has 0 radical (unpaired) electrons. The Kier molecular flexibility index (Phi) is 8.73. The van der Waals surface area contributed by atoms with Crippen LogP contribution in [-0.2, 0) is 9.53 Å². The van der Waals surface area contributed by atoms with E-state index in [0.717, 1.165) is 59.9 Å². The molecule has 1 aliphatic rings. The molecular weight excluding hydrogens is 469 g/mol. The van der Waals surface area contributed by atoms with Crippen molar-refractivity contribution in [2.75, 3.05) is 50.9 Å². The van der Waals surface area contributed by atoms with E-state index in [1.54, 1.807) is 4.90 Å². The number of fused-ring (bicyclic) bond motifs is 1. The normalized spacial score (nSPS) is 14.2. The van der Waals surface area contributed by atoms with Gasteiger partial charge < -0.3 is 9.47 Å². The highest BCUT2D eigenvalue weighted by Crippen LogP contribution is 2.33. The number of aryl methyl sites for hydroxylation is 2. The molecule has 1 fully saturated rings. The van der Waals surface area contributed by atoms with Gasteiger partial charge in [-0.3, -0.25) is 14.6 Å². The van der Waals surface area contributed by atoms with Crippen molar-refractivity contribution in [1.29, 1.82) is 0 Å². The van der Waals surface area contributed by atoms with Crippen LogP contribution in [0.4, 0.5) is 5.13 Å². The number of nitrogens with zero attached hydrogens (tertiary/aromatic N) is 3. The fourth-order valence-electron chi connectivity index (χ4n) is 3.59. The summed E-state index contributed by atoms with van der Waals surface area (Å²) < 4.78 is 12.3. The molecule has 172 valence electrons. The Morgan fingerprint density at radius 2 is 1.97 bits per heavy atom. The van der Waals surface area contributed by atoms with Crippen LogP contribution >= 0.6 is 35.3 Å². The first-order valence-electron chi connectivity index (χ1n) is 10.4. The van der Waals surface area contributed by atoms with Crippen molar-refractivity contribution in [3.8, 4) is 5.75 Å². The predicted molar refractivity (Wildman–Crippen MR) is 133 cm³/mol. The number of morpholine rings is 1. The number of amides is 1. The molecule has 0 spiro atoms. The second kappa shape index (κ2) is 11.3. The molecule has 9 heteroatoms. The molecule has 1 aliphatic heterocycles. The van der Waals surface area contributed by atoms with Crippen molar-refractivity contribution < 1.29 is 14.3 Å². The van der Waals surface area contributed by atoms with Gasteiger partial charge >= 0.3 is 0 Å². The van der Waals surface area contributed by atoms with Gasteiger partial charge in [0.2, 0.25) is 0 Å². The lowest BCUT2D eigenvalue weighted by molar-refractivity contribution is -0.120. The minimum atomic E-state index is -0.112. The zero-order valence-electron chi connectivity index (χ0n) is 18.2. The van der Waals surface area contributed by atoms with Crippen molar-refractivity contribution in [3.63, 3.8) is 0 Å². The molecule has 3 aromatic rings. The van der Waals surface area contributed by atoms with Crippen LogP contribution in [0.2, 0.25) is 5.02 Å². The van der Waals surface area contributed by atoms with Gasteiger partial charge in [0, 0.05) is 31.2 Å². The molecule has 2 heterocycles. The number of hydrogen-bond donors (Lipinski definition) is 0. The van der Waals surface area contributed by atoms with Gasteiger partial charge in [-0.15, -0.1) is 12.4 Å². The number of halogens is 2. The number of thiazole rings is 1. The lowest BCUT2D eigenvalue weighted by Gasteiger charge is -2.29. The van der Waals surface area contributed by atoms with Crippen molar-refractivity contribution in [2.24, 2.45) is 0 Å². The van der Waals surface area contributed by atoms with Crippen LogP contribution < -0.4 is 9.64 Å². The van der Waals surface area contributed by atoms with Gasteiger partial charge in [-0.05, 0) is 43.2 Å². The number of aromatic nitrogens is 1. The minimum absolute atomic E-state index is 0. The Balaban J connectivity index is 0.00000289. The Hall–Kier alpha value is -1.90. The average Bonchev–Trinajstić information content (AvgIpc) is 3.18. The first-order valence-corrected chi connectivity index (χ1v) is 11.6. The topological polar surface area (TPSA) is 54.9 Å². The number of ether oxygens (including phenoxy) is 2. The van der Waals surface area contributed by atoms with Crippen LogP contribution in [0.25, 0.3) is 10.2 Å². The molecule has 1 saturated heterocycles. The molecule has 0 saturated carbocycles. The predicted octanol–water partition coefficient (Wildman–Crippen LogP) is 4.73. The third kappa shape index (κ3) is 5.91. The summed E-state index contributed by atoms with van der Waals surface area (Å²) in [6.45, 7) is 8.41. The molecule has 0 N–H and O–H groups in total. The van der Waals surface area contributed by atoms with Crippen molar-refractivity contribution >= 4 is 56.6 Å². The van der Waals surface area contributed by atoms with Gasteiger partial charge in [-0.1, -0.05) is 41.1 Å². The molecule has 1 aromatic heterocycles. The fourth-order valence-corrected chi connectivity index (χ4v) is 5.05. The molecule has 1 amide bonds. The highest BCUT2D eigenvalue weighted by atomic mass is 35.5. The highest BCUT2D eigenvalue weighted by molar-refractivity contribution is 7.22. The van der Waals surface area contributed by atoms with Gasteiger partial charge in [0.1, 0.15) is 5.75 Å². The van der Waals surface area contributed by atoms with E-state index in [4.69, 9.17) is 26.1 Å². The number of para-hydroxylation sites is 1. The molecule has 6 nitrogen and oxygen atoms in total. The van der Waals surface area contributed by atoms with Crippen LogP contribution in [0.15, 0.2) is 36.4 Å².